The van der Waals surface area contributed by atoms with Crippen molar-refractivity contribution in [3.8, 4) is 0 Å². The number of furan rings is 1. The van der Waals surface area contributed by atoms with Crippen LogP contribution in [0.15, 0.2) is 22.6 Å². The maximum Gasteiger partial charge on any atom is 0.416 e. The largest absolute Gasteiger partial charge is 0.449 e. The number of fused-ring (bicyclic) bond motifs is 3. The second kappa shape index (κ2) is 8.10. The Hall–Kier alpha value is -2.44. The molecule has 2 aliphatic heterocycles. The first-order valence-corrected chi connectivity index (χ1v) is 10.3. The number of hydrogen-bond acceptors (Lipinski definition) is 6. The molecule has 12 heteroatoms. The van der Waals surface area contributed by atoms with E-state index in [0.717, 1.165) is 23.1 Å². The van der Waals surface area contributed by atoms with Gasteiger partial charge < -0.3 is 29.2 Å². The van der Waals surface area contributed by atoms with Gasteiger partial charge in [0.2, 0.25) is 5.76 Å². The van der Waals surface area contributed by atoms with Crippen molar-refractivity contribution in [2.75, 3.05) is 44.8 Å². The van der Waals surface area contributed by atoms with E-state index in [2.05, 4.69) is 0 Å². The molecule has 1 aromatic heterocycles. The maximum absolute atomic E-state index is 15.3. The molecule has 3 heterocycles. The first kappa shape index (κ1) is 23.7. The molecule has 0 radical (unpaired) electrons. The molecule has 33 heavy (non-hydrogen) atoms. The van der Waals surface area contributed by atoms with Crippen molar-refractivity contribution in [1.29, 1.82) is 0 Å². The summed E-state index contributed by atoms with van der Waals surface area (Å²) in [5, 5.41) is 19.5. The Balaban J connectivity index is 1.75. The smallest absolute Gasteiger partial charge is 0.416 e. The molecule has 1 aromatic carbocycles. The fourth-order valence-electron chi connectivity index (χ4n) is 4.20. The van der Waals surface area contributed by atoms with E-state index in [0.29, 0.717) is 0 Å². The molecule has 2 unspecified atom stereocenters. The van der Waals surface area contributed by atoms with Crippen LogP contribution in [0.4, 0.5) is 27.6 Å². The molecule has 0 bridgehead atoms. The van der Waals surface area contributed by atoms with Crippen LogP contribution in [-0.2, 0) is 10.9 Å². The van der Waals surface area contributed by atoms with Gasteiger partial charge in [-0.05, 0) is 18.2 Å². The summed E-state index contributed by atoms with van der Waals surface area (Å²) in [6.07, 6.45) is -6.92. The molecule has 2 N–H and O–H groups in total. The van der Waals surface area contributed by atoms with Gasteiger partial charge in [-0.25, -0.2) is 8.78 Å². The van der Waals surface area contributed by atoms with Crippen LogP contribution in [0.5, 0.6) is 0 Å². The number of anilines is 1. The Bertz CT molecular complexity index is 1060. The summed E-state index contributed by atoms with van der Waals surface area (Å²) in [6.45, 7) is -1.94. The molecule has 0 saturated carbocycles. The van der Waals surface area contributed by atoms with Crippen LogP contribution < -0.4 is 4.90 Å². The minimum absolute atomic E-state index is 0.00414. The number of carbonyl (C=O) groups excluding carboxylic acids is 1. The third-order valence-electron chi connectivity index (χ3n) is 6.17. The van der Waals surface area contributed by atoms with Gasteiger partial charge in [-0.3, -0.25) is 4.79 Å². The van der Waals surface area contributed by atoms with Crippen LogP contribution in [0.3, 0.4) is 0 Å². The predicted octanol–water partition coefficient (Wildman–Crippen LogP) is 2.88. The van der Waals surface area contributed by atoms with Crippen LogP contribution in [0.2, 0.25) is 0 Å². The molecular formula is C21H23F5N2O5. The van der Waals surface area contributed by atoms with Crippen molar-refractivity contribution >= 4 is 22.6 Å². The lowest BCUT2D eigenvalue weighted by molar-refractivity contribution is -0.197. The number of alkyl halides is 5. The monoisotopic (exact) mass is 478 g/mol. The Kier molecular flexibility index (Phi) is 5.82. The number of benzene rings is 1. The molecule has 1 saturated heterocycles. The Morgan fingerprint density at radius 2 is 1.94 bits per heavy atom. The molecule has 1 amide bonds. The zero-order valence-electron chi connectivity index (χ0n) is 17.7. The molecule has 0 aliphatic carbocycles. The van der Waals surface area contributed by atoms with Crippen molar-refractivity contribution in [3.63, 3.8) is 0 Å². The molecular weight excluding hydrogens is 455 g/mol. The summed E-state index contributed by atoms with van der Waals surface area (Å²) < 4.78 is 81.2. The third kappa shape index (κ3) is 4.38. The SMILES string of the molecule is CN1CCN(CC(F)(F)C2CC(O)(CO)CCO2)c2c(oc3ccc(C(F)(F)F)cc23)C1=O. The topological polar surface area (TPSA) is 86.4 Å². The Labute approximate surface area is 185 Å². The number of rotatable bonds is 4. The zero-order valence-corrected chi connectivity index (χ0v) is 17.7. The average Bonchev–Trinajstić information content (AvgIpc) is 3.09. The fraction of sp³-hybridized carbons (Fsp3) is 0.571. The van der Waals surface area contributed by atoms with Crippen LogP contribution in [0.1, 0.15) is 29.0 Å². The summed E-state index contributed by atoms with van der Waals surface area (Å²) in [4.78, 5) is 15.1. The highest BCUT2D eigenvalue weighted by Crippen LogP contribution is 2.42. The Morgan fingerprint density at radius 3 is 2.61 bits per heavy atom. The van der Waals surface area contributed by atoms with Gasteiger partial charge in [0.15, 0.2) is 0 Å². The quantitative estimate of drug-likeness (QED) is 0.658. The average molecular weight is 478 g/mol. The van der Waals surface area contributed by atoms with Crippen LogP contribution in [0, 0.1) is 0 Å². The number of halogens is 5. The molecule has 1 fully saturated rings. The first-order chi connectivity index (χ1) is 15.3. The lowest BCUT2D eigenvalue weighted by Gasteiger charge is -2.40. The normalized spacial score (nSPS) is 24.8. The van der Waals surface area contributed by atoms with Gasteiger partial charge in [-0.1, -0.05) is 0 Å². The number of aliphatic hydroxyl groups excluding tert-OH is 1. The lowest BCUT2D eigenvalue weighted by Crippen LogP contribution is -2.54. The summed E-state index contributed by atoms with van der Waals surface area (Å²) in [5.74, 6) is -4.52. The van der Waals surface area contributed by atoms with Crippen LogP contribution in [-0.4, -0.2) is 78.5 Å². The highest BCUT2D eigenvalue weighted by molar-refractivity contribution is 6.07. The second-order valence-corrected chi connectivity index (χ2v) is 8.59. The molecule has 4 rings (SSSR count). The van der Waals surface area contributed by atoms with Gasteiger partial charge in [0.1, 0.15) is 11.7 Å². The predicted molar refractivity (Wildman–Crippen MR) is 106 cm³/mol. The van der Waals surface area contributed by atoms with Gasteiger partial charge in [0.25, 0.3) is 11.8 Å². The number of nitrogens with zero attached hydrogens (tertiary/aromatic N) is 2. The fourth-order valence-corrected chi connectivity index (χ4v) is 4.20. The van der Waals surface area contributed by atoms with Crippen molar-refractivity contribution in [1.82, 2.24) is 4.90 Å². The summed E-state index contributed by atoms with van der Waals surface area (Å²) in [7, 11) is 1.44. The van der Waals surface area contributed by atoms with Gasteiger partial charge in [-0.15, -0.1) is 0 Å². The van der Waals surface area contributed by atoms with Gasteiger partial charge in [-0.2, -0.15) is 13.2 Å². The number of hydrogen-bond donors (Lipinski definition) is 2. The van der Waals surface area contributed by atoms with Crippen LogP contribution >= 0.6 is 0 Å². The summed E-state index contributed by atoms with van der Waals surface area (Å²) >= 11 is 0. The highest BCUT2D eigenvalue weighted by atomic mass is 19.4. The molecule has 2 aliphatic rings. The van der Waals surface area contributed by atoms with Crippen molar-refractivity contribution in [2.45, 2.75) is 36.6 Å². The van der Waals surface area contributed by atoms with E-state index < -0.39 is 54.8 Å². The van der Waals surface area contributed by atoms with E-state index >= 15 is 8.78 Å². The second-order valence-electron chi connectivity index (χ2n) is 8.59. The molecule has 7 nitrogen and oxygen atoms in total. The number of likely N-dealkylation sites (N-methyl/N-ethyl adjacent to an activating group) is 1. The molecule has 0 spiro atoms. The minimum atomic E-state index is -4.68. The van der Waals surface area contributed by atoms with Gasteiger partial charge >= 0.3 is 6.18 Å². The first-order valence-electron chi connectivity index (χ1n) is 10.3. The van der Waals surface area contributed by atoms with Crippen LogP contribution in [0.25, 0.3) is 11.0 Å². The third-order valence-corrected chi connectivity index (χ3v) is 6.17. The maximum atomic E-state index is 15.3. The Morgan fingerprint density at radius 1 is 1.21 bits per heavy atom. The summed E-state index contributed by atoms with van der Waals surface area (Å²) in [5.41, 5.74) is -2.89. The van der Waals surface area contributed by atoms with Gasteiger partial charge in [0.05, 0.1) is 36.6 Å². The van der Waals surface area contributed by atoms with Gasteiger partial charge in [0, 0.05) is 38.4 Å². The molecule has 182 valence electrons. The standard InChI is InChI=1S/C21H23F5N2O5/c1-27-5-6-28(10-20(22,23)15-9-19(31,11-29)4-7-32-15)16-13-8-12(21(24,25)26)2-3-14(13)33-17(16)18(27)30/h2-3,8,15,29,31H,4-7,9-11H2,1H3. The molecule has 2 aromatic rings. The summed E-state index contributed by atoms with van der Waals surface area (Å²) in [6, 6.07) is 2.63. The highest BCUT2D eigenvalue weighted by Gasteiger charge is 2.49. The van der Waals surface area contributed by atoms with Crippen molar-refractivity contribution in [2.24, 2.45) is 0 Å². The molecule has 2 atom stereocenters. The number of ether oxygens (including phenoxy) is 1. The van der Waals surface area contributed by atoms with E-state index in [9.17, 15) is 28.2 Å². The number of aliphatic hydroxyl groups is 2. The van der Waals surface area contributed by atoms with Crippen molar-refractivity contribution in [3.05, 3.63) is 29.5 Å². The van der Waals surface area contributed by atoms with Crippen molar-refractivity contribution < 1.29 is 46.1 Å². The van der Waals surface area contributed by atoms with E-state index in [1.54, 1.807) is 0 Å². The van der Waals surface area contributed by atoms with E-state index in [-0.39, 0.29) is 48.5 Å². The van der Waals surface area contributed by atoms with E-state index in [1.807, 2.05) is 0 Å². The minimum Gasteiger partial charge on any atom is -0.449 e. The van der Waals surface area contributed by atoms with E-state index in [4.69, 9.17) is 9.15 Å². The van der Waals surface area contributed by atoms with E-state index in [1.165, 1.54) is 11.9 Å². The number of amides is 1. The number of carbonyl (C=O) groups is 1. The lowest BCUT2D eigenvalue weighted by atomic mass is 9.88. The zero-order chi connectivity index (χ0) is 24.2.